The normalized spacial score (nSPS) is 10.1. The number of anilines is 3. The third-order valence-corrected chi connectivity index (χ3v) is 3.19. The summed E-state index contributed by atoms with van der Waals surface area (Å²) in [6.45, 7) is 0. The first kappa shape index (κ1) is 12.4. The highest BCUT2D eigenvalue weighted by molar-refractivity contribution is 9.10. The van der Waals surface area contributed by atoms with Crippen molar-refractivity contribution in [1.29, 1.82) is 0 Å². The Morgan fingerprint density at radius 2 is 1.83 bits per heavy atom. The first-order chi connectivity index (χ1) is 8.59. The maximum absolute atomic E-state index is 11.4. The smallest absolute Gasteiger partial charge is 0.250 e. The van der Waals surface area contributed by atoms with E-state index in [4.69, 9.17) is 11.5 Å². The number of carbonyl (C=O) groups excluding carboxylic acids is 1. The molecule has 2 aromatic carbocycles. The van der Waals surface area contributed by atoms with Crippen LogP contribution in [0.4, 0.5) is 17.1 Å². The summed E-state index contributed by atoms with van der Waals surface area (Å²) >= 11 is 3.42. The van der Waals surface area contributed by atoms with Gasteiger partial charge in [0.15, 0.2) is 0 Å². The predicted molar refractivity (Wildman–Crippen MR) is 76.8 cm³/mol. The van der Waals surface area contributed by atoms with E-state index in [1.54, 1.807) is 18.2 Å². The van der Waals surface area contributed by atoms with Gasteiger partial charge in [0.25, 0.3) is 5.91 Å². The molecule has 0 spiro atoms. The highest BCUT2D eigenvalue weighted by Crippen LogP contribution is 2.30. The molecule has 2 aromatic rings. The summed E-state index contributed by atoms with van der Waals surface area (Å²) in [7, 11) is 0. The van der Waals surface area contributed by atoms with Crippen LogP contribution in [0, 0.1) is 0 Å². The third-order valence-electron chi connectivity index (χ3n) is 2.50. The van der Waals surface area contributed by atoms with Crippen molar-refractivity contribution in [2.75, 3.05) is 11.1 Å². The van der Waals surface area contributed by atoms with E-state index < -0.39 is 5.91 Å². The lowest BCUT2D eigenvalue weighted by Gasteiger charge is -2.13. The fourth-order valence-electron chi connectivity index (χ4n) is 1.61. The lowest BCUT2D eigenvalue weighted by Crippen LogP contribution is -2.14. The van der Waals surface area contributed by atoms with Crippen molar-refractivity contribution in [3.8, 4) is 0 Å². The molecule has 0 saturated carbocycles. The molecule has 0 fully saturated rings. The van der Waals surface area contributed by atoms with E-state index in [2.05, 4.69) is 21.2 Å². The van der Waals surface area contributed by atoms with E-state index in [1.807, 2.05) is 24.3 Å². The van der Waals surface area contributed by atoms with E-state index in [1.165, 1.54) is 0 Å². The zero-order valence-corrected chi connectivity index (χ0v) is 11.1. The lowest BCUT2D eigenvalue weighted by atomic mass is 10.1. The van der Waals surface area contributed by atoms with Gasteiger partial charge in [-0.3, -0.25) is 4.79 Å². The number of carbonyl (C=O) groups is 1. The lowest BCUT2D eigenvalue weighted by molar-refractivity contribution is 0.100. The van der Waals surface area contributed by atoms with Crippen molar-refractivity contribution in [2.24, 2.45) is 5.73 Å². The first-order valence-corrected chi connectivity index (χ1v) is 6.08. The van der Waals surface area contributed by atoms with Gasteiger partial charge in [0.05, 0.1) is 22.6 Å². The molecule has 0 atom stereocenters. The van der Waals surface area contributed by atoms with Crippen molar-refractivity contribution < 1.29 is 4.79 Å². The third kappa shape index (κ3) is 2.46. The summed E-state index contributed by atoms with van der Waals surface area (Å²) in [5.74, 6) is -0.517. The number of amides is 1. The molecule has 5 heteroatoms. The summed E-state index contributed by atoms with van der Waals surface area (Å²) in [5.41, 5.74) is 13.4. The van der Waals surface area contributed by atoms with Crippen LogP contribution in [0.1, 0.15) is 10.4 Å². The van der Waals surface area contributed by atoms with Crippen LogP contribution in [0.3, 0.4) is 0 Å². The maximum Gasteiger partial charge on any atom is 0.250 e. The quantitative estimate of drug-likeness (QED) is 0.763. The number of rotatable bonds is 3. The molecule has 0 aliphatic rings. The Hall–Kier alpha value is -2.01. The molecule has 0 bridgehead atoms. The highest BCUT2D eigenvalue weighted by atomic mass is 79.9. The number of nitrogen functional groups attached to an aromatic ring is 1. The number of para-hydroxylation sites is 2. The molecule has 0 saturated heterocycles. The fourth-order valence-corrected chi connectivity index (χ4v) is 2.00. The molecular weight excluding hydrogens is 294 g/mol. The monoisotopic (exact) mass is 305 g/mol. The maximum atomic E-state index is 11.4. The summed E-state index contributed by atoms with van der Waals surface area (Å²) < 4.78 is 0.878. The van der Waals surface area contributed by atoms with Crippen LogP contribution in [0.2, 0.25) is 0 Å². The van der Waals surface area contributed by atoms with Crippen molar-refractivity contribution in [3.05, 3.63) is 52.5 Å². The van der Waals surface area contributed by atoms with Gasteiger partial charge in [0.1, 0.15) is 0 Å². The van der Waals surface area contributed by atoms with Crippen molar-refractivity contribution in [2.45, 2.75) is 0 Å². The number of nitrogens with two attached hydrogens (primary N) is 2. The molecule has 5 N–H and O–H groups in total. The van der Waals surface area contributed by atoms with Crippen LogP contribution in [0.25, 0.3) is 0 Å². The van der Waals surface area contributed by atoms with Crippen LogP contribution in [0.5, 0.6) is 0 Å². The number of halogens is 1. The number of hydrogen-bond acceptors (Lipinski definition) is 3. The second-order valence-electron chi connectivity index (χ2n) is 3.74. The molecule has 4 nitrogen and oxygen atoms in total. The van der Waals surface area contributed by atoms with Gasteiger partial charge in [-0.2, -0.15) is 0 Å². The number of benzene rings is 2. The van der Waals surface area contributed by atoms with Crippen LogP contribution in [0.15, 0.2) is 46.9 Å². The summed E-state index contributed by atoms with van der Waals surface area (Å²) in [6, 6.07) is 12.6. The molecule has 0 aliphatic carbocycles. The summed E-state index contributed by atoms with van der Waals surface area (Å²) in [5, 5.41) is 3.12. The van der Waals surface area contributed by atoms with E-state index in [9.17, 15) is 4.79 Å². The van der Waals surface area contributed by atoms with Gasteiger partial charge in [-0.15, -0.1) is 0 Å². The number of primary amides is 1. The Morgan fingerprint density at radius 1 is 1.11 bits per heavy atom. The van der Waals surface area contributed by atoms with Crippen LogP contribution < -0.4 is 16.8 Å². The Kier molecular flexibility index (Phi) is 3.53. The van der Waals surface area contributed by atoms with Crippen molar-refractivity contribution >= 4 is 38.9 Å². The molecule has 0 heterocycles. The summed E-state index contributed by atoms with van der Waals surface area (Å²) in [4.78, 5) is 11.4. The molecule has 0 unspecified atom stereocenters. The minimum Gasteiger partial charge on any atom is -0.397 e. The molecule has 0 radical (unpaired) electrons. The van der Waals surface area contributed by atoms with Gasteiger partial charge in [0.2, 0.25) is 0 Å². The predicted octanol–water partition coefficient (Wildman–Crippen LogP) is 2.87. The average Bonchev–Trinajstić information content (AvgIpc) is 2.34. The van der Waals surface area contributed by atoms with Gasteiger partial charge in [0, 0.05) is 4.47 Å². The zero-order valence-electron chi connectivity index (χ0n) is 9.48. The largest absolute Gasteiger partial charge is 0.397 e. The van der Waals surface area contributed by atoms with E-state index >= 15 is 0 Å². The molecular formula is C13H12BrN3O. The molecule has 0 aliphatic heterocycles. The molecule has 0 aromatic heterocycles. The SMILES string of the molecule is NC(=O)c1cccc(N)c1Nc1ccccc1Br. The van der Waals surface area contributed by atoms with Gasteiger partial charge in [-0.1, -0.05) is 18.2 Å². The number of hydrogen-bond donors (Lipinski definition) is 3. The minimum atomic E-state index is -0.517. The minimum absolute atomic E-state index is 0.366. The fraction of sp³-hybridized carbons (Fsp3) is 0. The second kappa shape index (κ2) is 5.10. The average molecular weight is 306 g/mol. The van der Waals surface area contributed by atoms with E-state index in [0.29, 0.717) is 16.9 Å². The van der Waals surface area contributed by atoms with Crippen LogP contribution >= 0.6 is 15.9 Å². The Morgan fingerprint density at radius 3 is 2.50 bits per heavy atom. The highest BCUT2D eigenvalue weighted by Gasteiger charge is 2.11. The second-order valence-corrected chi connectivity index (χ2v) is 4.59. The van der Waals surface area contributed by atoms with Crippen LogP contribution in [-0.2, 0) is 0 Å². The Bertz CT molecular complexity index is 599. The van der Waals surface area contributed by atoms with E-state index in [-0.39, 0.29) is 0 Å². The summed E-state index contributed by atoms with van der Waals surface area (Å²) in [6.07, 6.45) is 0. The number of nitrogens with one attached hydrogen (secondary N) is 1. The van der Waals surface area contributed by atoms with Crippen molar-refractivity contribution in [1.82, 2.24) is 0 Å². The topological polar surface area (TPSA) is 81.1 Å². The first-order valence-electron chi connectivity index (χ1n) is 5.29. The molecule has 18 heavy (non-hydrogen) atoms. The Balaban J connectivity index is 2.46. The van der Waals surface area contributed by atoms with Gasteiger partial charge in [-0.05, 0) is 40.2 Å². The van der Waals surface area contributed by atoms with Crippen LogP contribution in [-0.4, -0.2) is 5.91 Å². The molecule has 92 valence electrons. The van der Waals surface area contributed by atoms with Crippen molar-refractivity contribution in [3.63, 3.8) is 0 Å². The van der Waals surface area contributed by atoms with E-state index in [0.717, 1.165) is 10.2 Å². The molecule has 2 rings (SSSR count). The zero-order chi connectivity index (χ0) is 13.1. The van der Waals surface area contributed by atoms with Gasteiger partial charge in [-0.25, -0.2) is 0 Å². The standard InChI is InChI=1S/C13H12BrN3O/c14-9-5-1-2-7-11(9)17-12-8(13(16)18)4-3-6-10(12)15/h1-7,17H,15H2,(H2,16,18). The molecule has 1 amide bonds. The van der Waals surface area contributed by atoms with Gasteiger partial charge >= 0.3 is 0 Å². The van der Waals surface area contributed by atoms with Gasteiger partial charge < -0.3 is 16.8 Å². The Labute approximate surface area is 113 Å².